The Labute approximate surface area is 206 Å². The van der Waals surface area contributed by atoms with Crippen molar-refractivity contribution in [2.75, 3.05) is 19.0 Å². The first-order chi connectivity index (χ1) is 16.2. The fourth-order valence-electron chi connectivity index (χ4n) is 3.22. The first-order valence-corrected chi connectivity index (χ1v) is 13.6. The molecule has 0 atom stereocenters. The standard InChI is InChI=1S/C23H25ClN2O6S2/c1-3-31-17-9-12-19-20(14-17)33-23(26(19)15-22(28)32-4-2)25-21(27)6-5-13-34(29,30)18-10-7-16(24)8-11-18/h7-12,14H,3-6,13,15H2,1-2H3. The topological polar surface area (TPSA) is 104 Å². The van der Waals surface area contributed by atoms with Crippen molar-refractivity contribution >= 4 is 54.9 Å². The van der Waals surface area contributed by atoms with Crippen molar-refractivity contribution in [2.45, 2.75) is 38.1 Å². The molecule has 0 saturated heterocycles. The van der Waals surface area contributed by atoms with E-state index in [9.17, 15) is 18.0 Å². The Morgan fingerprint density at radius 3 is 2.50 bits per heavy atom. The Morgan fingerprint density at radius 2 is 1.82 bits per heavy atom. The molecule has 0 fully saturated rings. The molecule has 0 radical (unpaired) electrons. The van der Waals surface area contributed by atoms with Crippen molar-refractivity contribution in [1.82, 2.24) is 4.57 Å². The number of halogens is 1. The van der Waals surface area contributed by atoms with Crippen molar-refractivity contribution in [3.63, 3.8) is 0 Å². The van der Waals surface area contributed by atoms with Crippen LogP contribution in [0.4, 0.5) is 0 Å². The summed E-state index contributed by atoms with van der Waals surface area (Å²) >= 11 is 7.06. The Morgan fingerprint density at radius 1 is 1.09 bits per heavy atom. The molecular weight excluding hydrogens is 500 g/mol. The number of thiazole rings is 1. The quantitative estimate of drug-likeness (QED) is 0.371. The van der Waals surface area contributed by atoms with Crippen molar-refractivity contribution in [3.8, 4) is 5.75 Å². The van der Waals surface area contributed by atoms with Gasteiger partial charge in [-0.1, -0.05) is 22.9 Å². The number of hydrogen-bond donors (Lipinski definition) is 0. The molecule has 0 aliphatic rings. The number of amides is 1. The predicted octanol–water partition coefficient (Wildman–Crippen LogP) is 4.00. The normalized spacial score (nSPS) is 12.1. The maximum absolute atomic E-state index is 12.6. The fourth-order valence-corrected chi connectivity index (χ4v) is 5.73. The third-order valence-corrected chi connectivity index (χ3v) is 7.86. The number of aromatic nitrogens is 1. The van der Waals surface area contributed by atoms with Gasteiger partial charge in [0.1, 0.15) is 12.3 Å². The van der Waals surface area contributed by atoms with E-state index in [-0.39, 0.29) is 36.6 Å². The largest absolute Gasteiger partial charge is 0.494 e. The molecule has 182 valence electrons. The van der Waals surface area contributed by atoms with Gasteiger partial charge in [-0.25, -0.2) is 8.42 Å². The fraction of sp³-hybridized carbons (Fsp3) is 0.348. The van der Waals surface area contributed by atoms with Gasteiger partial charge in [0.05, 0.1) is 34.1 Å². The Kier molecular flexibility index (Phi) is 8.87. The molecule has 1 aromatic heterocycles. The number of carbonyl (C=O) groups is 2. The second-order valence-corrected chi connectivity index (χ2v) is 10.8. The lowest BCUT2D eigenvalue weighted by Crippen LogP contribution is -2.23. The zero-order valence-electron chi connectivity index (χ0n) is 18.8. The van der Waals surface area contributed by atoms with Crippen LogP contribution in [-0.2, 0) is 30.7 Å². The highest BCUT2D eigenvalue weighted by Gasteiger charge is 2.16. The van der Waals surface area contributed by atoms with Gasteiger partial charge in [0, 0.05) is 11.4 Å². The molecule has 8 nitrogen and oxygen atoms in total. The summed E-state index contributed by atoms with van der Waals surface area (Å²) in [5.41, 5.74) is 0.721. The number of nitrogens with zero attached hydrogens (tertiary/aromatic N) is 2. The van der Waals surface area contributed by atoms with Crippen LogP contribution in [0.1, 0.15) is 26.7 Å². The van der Waals surface area contributed by atoms with Crippen molar-refractivity contribution < 1.29 is 27.5 Å². The van der Waals surface area contributed by atoms with Crippen molar-refractivity contribution in [3.05, 3.63) is 52.3 Å². The molecule has 3 rings (SSSR count). The van der Waals surface area contributed by atoms with E-state index >= 15 is 0 Å². The molecule has 34 heavy (non-hydrogen) atoms. The number of ether oxygens (including phenoxy) is 2. The Balaban J connectivity index is 1.80. The highest BCUT2D eigenvalue weighted by Crippen LogP contribution is 2.24. The van der Waals surface area contributed by atoms with E-state index in [1.807, 2.05) is 13.0 Å². The molecule has 0 bridgehead atoms. The van der Waals surface area contributed by atoms with E-state index in [0.29, 0.717) is 22.2 Å². The minimum atomic E-state index is -3.54. The van der Waals surface area contributed by atoms with Crippen LogP contribution in [0.3, 0.4) is 0 Å². The number of carbonyl (C=O) groups excluding carboxylic acids is 2. The lowest BCUT2D eigenvalue weighted by Gasteiger charge is -2.06. The molecular formula is C23H25ClN2O6S2. The van der Waals surface area contributed by atoms with E-state index in [1.165, 1.54) is 35.6 Å². The minimum Gasteiger partial charge on any atom is -0.494 e. The smallest absolute Gasteiger partial charge is 0.326 e. The van der Waals surface area contributed by atoms with Gasteiger partial charge >= 0.3 is 5.97 Å². The molecule has 1 amide bonds. The van der Waals surface area contributed by atoms with E-state index in [2.05, 4.69) is 4.99 Å². The van der Waals surface area contributed by atoms with Crippen LogP contribution in [0.15, 0.2) is 52.4 Å². The summed E-state index contributed by atoms with van der Waals surface area (Å²) in [6.45, 7) is 4.25. The summed E-state index contributed by atoms with van der Waals surface area (Å²) in [7, 11) is -3.54. The number of hydrogen-bond acceptors (Lipinski definition) is 7. The molecule has 0 aliphatic heterocycles. The van der Waals surface area contributed by atoms with Gasteiger partial charge in [-0.05, 0) is 62.7 Å². The molecule has 3 aromatic rings. The zero-order chi connectivity index (χ0) is 24.7. The molecule has 0 spiro atoms. The monoisotopic (exact) mass is 524 g/mol. The average Bonchev–Trinajstić information content (AvgIpc) is 3.10. The third-order valence-electron chi connectivity index (χ3n) is 4.75. The number of esters is 1. The van der Waals surface area contributed by atoms with Crippen molar-refractivity contribution in [1.29, 1.82) is 0 Å². The SMILES string of the molecule is CCOC(=O)Cn1c(=NC(=O)CCCS(=O)(=O)c2ccc(Cl)cc2)sc2cc(OCC)ccc21. The summed E-state index contributed by atoms with van der Waals surface area (Å²) in [5, 5.41) is 0.445. The van der Waals surface area contributed by atoms with Gasteiger partial charge in [-0.2, -0.15) is 4.99 Å². The van der Waals surface area contributed by atoms with Gasteiger partial charge in [0.2, 0.25) is 5.91 Å². The predicted molar refractivity (Wildman–Crippen MR) is 131 cm³/mol. The van der Waals surface area contributed by atoms with Gasteiger partial charge in [-0.15, -0.1) is 0 Å². The minimum absolute atomic E-state index is 0.0509. The molecule has 0 N–H and O–H groups in total. The number of rotatable bonds is 10. The highest BCUT2D eigenvalue weighted by molar-refractivity contribution is 7.91. The lowest BCUT2D eigenvalue weighted by atomic mass is 10.3. The highest BCUT2D eigenvalue weighted by atomic mass is 35.5. The lowest BCUT2D eigenvalue weighted by molar-refractivity contribution is -0.143. The van der Waals surface area contributed by atoms with Crippen LogP contribution in [0.2, 0.25) is 5.02 Å². The number of benzene rings is 2. The van der Waals surface area contributed by atoms with E-state index in [4.69, 9.17) is 21.1 Å². The van der Waals surface area contributed by atoms with Gasteiger partial charge in [0.25, 0.3) is 0 Å². The Bertz CT molecular complexity index is 1340. The van der Waals surface area contributed by atoms with E-state index < -0.39 is 21.7 Å². The second-order valence-electron chi connectivity index (χ2n) is 7.22. The van der Waals surface area contributed by atoms with Crippen LogP contribution >= 0.6 is 22.9 Å². The maximum Gasteiger partial charge on any atom is 0.326 e. The summed E-state index contributed by atoms with van der Waals surface area (Å²) in [5.74, 6) is -0.438. The molecule has 2 aromatic carbocycles. The zero-order valence-corrected chi connectivity index (χ0v) is 21.2. The first kappa shape index (κ1) is 25.9. The molecule has 1 heterocycles. The molecule has 0 unspecified atom stereocenters. The van der Waals surface area contributed by atoms with Crippen LogP contribution < -0.4 is 9.54 Å². The van der Waals surface area contributed by atoms with Crippen molar-refractivity contribution in [2.24, 2.45) is 4.99 Å². The third kappa shape index (κ3) is 6.68. The first-order valence-electron chi connectivity index (χ1n) is 10.7. The molecule has 11 heteroatoms. The van der Waals surface area contributed by atoms with Crippen LogP contribution in [0, 0.1) is 0 Å². The second kappa shape index (κ2) is 11.6. The van der Waals surface area contributed by atoms with Crippen LogP contribution in [0.5, 0.6) is 5.75 Å². The van der Waals surface area contributed by atoms with Crippen LogP contribution in [-0.4, -0.2) is 43.8 Å². The van der Waals surface area contributed by atoms with Gasteiger partial charge in [-0.3, -0.25) is 9.59 Å². The average molecular weight is 525 g/mol. The van der Waals surface area contributed by atoms with E-state index in [1.54, 1.807) is 23.6 Å². The summed E-state index contributed by atoms with van der Waals surface area (Å²) < 4.78 is 38.0. The molecule has 0 aliphatic carbocycles. The number of fused-ring (bicyclic) bond motifs is 1. The van der Waals surface area contributed by atoms with E-state index in [0.717, 1.165) is 10.2 Å². The van der Waals surface area contributed by atoms with Gasteiger partial charge in [0.15, 0.2) is 14.6 Å². The summed E-state index contributed by atoms with van der Waals surface area (Å²) in [6, 6.07) is 11.3. The summed E-state index contributed by atoms with van der Waals surface area (Å²) in [4.78, 5) is 29.4. The number of sulfone groups is 1. The summed E-state index contributed by atoms with van der Waals surface area (Å²) in [6.07, 6.45) is 0.0647. The Hall–Kier alpha value is -2.69. The van der Waals surface area contributed by atoms with Crippen LogP contribution in [0.25, 0.3) is 10.2 Å². The maximum atomic E-state index is 12.6. The molecule has 0 saturated carbocycles. The van der Waals surface area contributed by atoms with Gasteiger partial charge < -0.3 is 14.0 Å².